The second kappa shape index (κ2) is 6.37. The van der Waals surface area contributed by atoms with Crippen LogP contribution in [0.3, 0.4) is 0 Å². The molecule has 26 heavy (non-hydrogen) atoms. The molecule has 3 heterocycles. The number of rotatable bonds is 2. The van der Waals surface area contributed by atoms with Crippen molar-refractivity contribution >= 4 is 11.9 Å². The Balaban J connectivity index is 1.23. The lowest BCUT2D eigenvalue weighted by molar-refractivity contribution is -0.171. The van der Waals surface area contributed by atoms with Crippen molar-refractivity contribution in [1.82, 2.24) is 20.2 Å². The Morgan fingerprint density at radius 2 is 2.00 bits per heavy atom. The van der Waals surface area contributed by atoms with Crippen LogP contribution in [0.2, 0.25) is 0 Å². The lowest BCUT2D eigenvalue weighted by Crippen LogP contribution is -2.73. The van der Waals surface area contributed by atoms with Crippen LogP contribution in [0.4, 0.5) is 5.95 Å². The number of aliphatic imine (C=N–C) groups is 1. The van der Waals surface area contributed by atoms with Crippen molar-refractivity contribution < 1.29 is 4.74 Å². The maximum atomic E-state index is 6.05. The Hall–Kier alpha value is -1.89. The molecule has 140 valence electrons. The highest BCUT2D eigenvalue weighted by molar-refractivity contribution is 5.81. The molecule has 2 aliphatic carbocycles. The molecule has 1 aromatic heterocycles. The molecule has 4 fully saturated rings. The van der Waals surface area contributed by atoms with E-state index in [1.54, 1.807) is 0 Å². The van der Waals surface area contributed by atoms with E-state index in [2.05, 4.69) is 30.1 Å². The van der Waals surface area contributed by atoms with Gasteiger partial charge in [0, 0.05) is 69.6 Å². The molecule has 0 bridgehead atoms. The number of fused-ring (bicyclic) bond motifs is 2. The zero-order valence-corrected chi connectivity index (χ0v) is 15.5. The summed E-state index contributed by atoms with van der Waals surface area (Å²) in [5, 5.41) is 3.84. The fourth-order valence-electron chi connectivity index (χ4n) is 5.47. The fourth-order valence-corrected chi connectivity index (χ4v) is 5.47. The van der Waals surface area contributed by atoms with E-state index in [0.29, 0.717) is 23.5 Å². The van der Waals surface area contributed by atoms with Gasteiger partial charge in [-0.25, -0.2) is 9.97 Å². The van der Waals surface area contributed by atoms with Gasteiger partial charge in [0.25, 0.3) is 0 Å². The fraction of sp³-hybridized carbons (Fsp3) is 0.737. The summed E-state index contributed by atoms with van der Waals surface area (Å²) >= 11 is 0. The number of nitrogens with zero attached hydrogens (tertiary/aromatic N) is 5. The van der Waals surface area contributed by atoms with Crippen molar-refractivity contribution in [1.29, 1.82) is 0 Å². The number of aromatic nitrogens is 2. The summed E-state index contributed by atoms with van der Waals surface area (Å²) in [7, 11) is 1.91. The van der Waals surface area contributed by atoms with E-state index >= 15 is 0 Å². The Bertz CT molecular complexity index is 668. The highest BCUT2D eigenvalue weighted by Gasteiger charge is 2.66. The largest absolute Gasteiger partial charge is 0.377 e. The van der Waals surface area contributed by atoms with E-state index in [9.17, 15) is 0 Å². The van der Waals surface area contributed by atoms with Crippen molar-refractivity contribution in [2.45, 2.75) is 37.8 Å². The standard InChI is InChI=1S/C19H28N6O/c1-20-17(23-15-14-4-13-26-16(14)19(15)5-2-6-19)24-9-11-25(12-10-24)18-21-7-3-8-22-18/h3,7-8,14-16H,2,4-6,9-13H2,1H3,(H,20,23). The first-order chi connectivity index (χ1) is 12.8. The average Bonchev–Trinajstić information content (AvgIpc) is 3.07. The maximum Gasteiger partial charge on any atom is 0.225 e. The predicted molar refractivity (Wildman–Crippen MR) is 100 cm³/mol. The van der Waals surface area contributed by atoms with Crippen molar-refractivity contribution in [3.8, 4) is 0 Å². The Labute approximate surface area is 154 Å². The number of guanidine groups is 1. The van der Waals surface area contributed by atoms with Gasteiger partial charge in [0.2, 0.25) is 5.95 Å². The van der Waals surface area contributed by atoms with E-state index in [1.165, 1.54) is 25.7 Å². The van der Waals surface area contributed by atoms with Crippen LogP contribution in [0.1, 0.15) is 25.7 Å². The number of nitrogens with one attached hydrogen (secondary N) is 1. The maximum absolute atomic E-state index is 6.05. The molecule has 7 heteroatoms. The quantitative estimate of drug-likeness (QED) is 0.633. The van der Waals surface area contributed by atoms with Crippen molar-refractivity contribution in [3.05, 3.63) is 18.5 Å². The number of piperazine rings is 1. The van der Waals surface area contributed by atoms with Gasteiger partial charge in [0.1, 0.15) is 0 Å². The number of hydrogen-bond acceptors (Lipinski definition) is 5. The number of anilines is 1. The van der Waals surface area contributed by atoms with Crippen molar-refractivity contribution in [3.63, 3.8) is 0 Å². The molecular formula is C19H28N6O. The summed E-state index contributed by atoms with van der Waals surface area (Å²) in [4.78, 5) is 18.0. The van der Waals surface area contributed by atoms with Gasteiger partial charge in [-0.3, -0.25) is 4.99 Å². The molecule has 2 aliphatic heterocycles. The Morgan fingerprint density at radius 1 is 1.23 bits per heavy atom. The van der Waals surface area contributed by atoms with Gasteiger partial charge in [-0.1, -0.05) is 6.42 Å². The molecule has 4 aliphatic rings. The van der Waals surface area contributed by atoms with Crippen LogP contribution in [0.15, 0.2) is 23.5 Å². The summed E-state index contributed by atoms with van der Waals surface area (Å²) in [5.41, 5.74) is 0.386. The van der Waals surface area contributed by atoms with Crippen molar-refractivity contribution in [2.24, 2.45) is 16.3 Å². The lowest BCUT2D eigenvalue weighted by Gasteiger charge is -2.63. The second-order valence-corrected chi connectivity index (χ2v) is 8.02. The molecule has 2 saturated heterocycles. The highest BCUT2D eigenvalue weighted by atomic mass is 16.5. The van der Waals surface area contributed by atoms with E-state index in [4.69, 9.17) is 4.74 Å². The summed E-state index contributed by atoms with van der Waals surface area (Å²) < 4.78 is 6.05. The first kappa shape index (κ1) is 16.3. The predicted octanol–water partition coefficient (Wildman–Crippen LogP) is 1.13. The SMILES string of the molecule is CN=C(NC1C2CCOC2C12CCC2)N1CCN(c2ncccn2)CC1. The monoisotopic (exact) mass is 356 g/mol. The smallest absolute Gasteiger partial charge is 0.225 e. The summed E-state index contributed by atoms with van der Waals surface area (Å²) in [6.45, 7) is 4.68. The van der Waals surface area contributed by atoms with Gasteiger partial charge in [-0.2, -0.15) is 0 Å². The van der Waals surface area contributed by atoms with Gasteiger partial charge in [0.15, 0.2) is 5.96 Å². The minimum absolute atomic E-state index is 0.386. The highest BCUT2D eigenvalue weighted by Crippen LogP contribution is 2.62. The number of hydrogen-bond donors (Lipinski definition) is 1. The molecule has 3 atom stereocenters. The zero-order valence-electron chi connectivity index (χ0n) is 15.5. The molecule has 1 spiro atoms. The van der Waals surface area contributed by atoms with Crippen LogP contribution in [-0.4, -0.2) is 72.8 Å². The zero-order chi connectivity index (χ0) is 17.6. The van der Waals surface area contributed by atoms with Gasteiger partial charge in [-0.15, -0.1) is 0 Å². The second-order valence-electron chi connectivity index (χ2n) is 8.02. The van der Waals surface area contributed by atoms with Gasteiger partial charge >= 0.3 is 0 Å². The summed E-state index contributed by atoms with van der Waals surface area (Å²) in [6, 6.07) is 2.40. The first-order valence-electron chi connectivity index (χ1n) is 9.94. The molecule has 0 amide bonds. The van der Waals surface area contributed by atoms with Crippen LogP contribution in [0, 0.1) is 11.3 Å². The third kappa shape index (κ3) is 2.40. The van der Waals surface area contributed by atoms with Gasteiger partial charge in [0.05, 0.1) is 6.10 Å². The Morgan fingerprint density at radius 3 is 2.65 bits per heavy atom. The molecule has 0 aromatic carbocycles. The Kier molecular flexibility index (Phi) is 3.99. The lowest BCUT2D eigenvalue weighted by atomic mass is 9.46. The molecule has 7 nitrogen and oxygen atoms in total. The first-order valence-corrected chi connectivity index (χ1v) is 9.94. The molecule has 1 aromatic rings. The topological polar surface area (TPSA) is 65.9 Å². The normalized spacial score (nSPS) is 32.8. The third-order valence-electron chi connectivity index (χ3n) is 6.95. The van der Waals surface area contributed by atoms with Crippen LogP contribution >= 0.6 is 0 Å². The van der Waals surface area contributed by atoms with Crippen LogP contribution < -0.4 is 10.2 Å². The van der Waals surface area contributed by atoms with E-state index in [-0.39, 0.29) is 0 Å². The van der Waals surface area contributed by atoms with Gasteiger partial charge in [-0.05, 0) is 25.3 Å². The average molecular weight is 356 g/mol. The van der Waals surface area contributed by atoms with Crippen LogP contribution in [0.25, 0.3) is 0 Å². The minimum Gasteiger partial charge on any atom is -0.377 e. The molecule has 5 rings (SSSR count). The van der Waals surface area contributed by atoms with Crippen molar-refractivity contribution in [2.75, 3.05) is 44.7 Å². The molecule has 2 saturated carbocycles. The number of ether oxygens (including phenoxy) is 1. The third-order valence-corrected chi connectivity index (χ3v) is 6.95. The van der Waals surface area contributed by atoms with E-state index in [1.807, 2.05) is 25.5 Å². The van der Waals surface area contributed by atoms with Crippen LogP contribution in [0.5, 0.6) is 0 Å². The summed E-state index contributed by atoms with van der Waals surface area (Å²) in [5.74, 6) is 2.56. The molecular weight excluding hydrogens is 328 g/mol. The van der Waals surface area contributed by atoms with Gasteiger partial charge < -0.3 is 19.9 Å². The minimum atomic E-state index is 0.386. The van der Waals surface area contributed by atoms with E-state index < -0.39 is 0 Å². The van der Waals surface area contributed by atoms with E-state index in [0.717, 1.165) is 44.7 Å². The van der Waals surface area contributed by atoms with Crippen LogP contribution in [-0.2, 0) is 4.74 Å². The molecule has 3 unspecified atom stereocenters. The summed E-state index contributed by atoms with van der Waals surface area (Å²) in [6.07, 6.45) is 9.27. The molecule has 0 radical (unpaired) electrons. The molecule has 1 N–H and O–H groups in total.